The summed E-state index contributed by atoms with van der Waals surface area (Å²) in [4.78, 5) is 11.7. The van der Waals surface area contributed by atoms with Crippen molar-refractivity contribution < 1.29 is 29.0 Å². The van der Waals surface area contributed by atoms with Crippen LogP contribution in [0.3, 0.4) is 0 Å². The number of benzene rings is 2. The summed E-state index contributed by atoms with van der Waals surface area (Å²) in [5.74, 6) is -0.342. The molecule has 0 heterocycles. The number of hydrogen-bond donors (Lipinski definition) is 0. The van der Waals surface area contributed by atoms with E-state index in [0.717, 1.165) is 5.56 Å². The van der Waals surface area contributed by atoms with Crippen LogP contribution in [-0.2, 0) is 30.8 Å². The van der Waals surface area contributed by atoms with Crippen molar-refractivity contribution in [1.82, 2.24) is 0 Å². The van der Waals surface area contributed by atoms with Gasteiger partial charge in [0.2, 0.25) is 0 Å². The second-order valence-corrected chi connectivity index (χ2v) is 4.01. The Morgan fingerprint density at radius 1 is 1.00 bits per heavy atom. The van der Waals surface area contributed by atoms with Crippen LogP contribution in [0.5, 0.6) is 0 Å². The molecular weight excluding hydrogens is 301 g/mol. The number of carbonyl (C=O) groups is 1. The molecule has 0 spiro atoms. The van der Waals surface area contributed by atoms with Gasteiger partial charge in [-0.15, -0.1) is 0 Å². The van der Waals surface area contributed by atoms with E-state index in [-0.39, 0.29) is 32.1 Å². The van der Waals surface area contributed by atoms with Gasteiger partial charge >= 0.3 is 5.97 Å². The second kappa shape index (κ2) is 7.30. The van der Waals surface area contributed by atoms with Crippen molar-refractivity contribution in [3.05, 3.63) is 70.7 Å². The van der Waals surface area contributed by atoms with E-state index in [4.69, 9.17) is 16.3 Å². The van der Waals surface area contributed by atoms with Gasteiger partial charge in [0.25, 0.3) is 0 Å². The molecule has 0 atom stereocenters. The van der Waals surface area contributed by atoms with Gasteiger partial charge in [-0.1, -0.05) is 41.9 Å². The Labute approximate surface area is 124 Å². The molecule has 0 N–H and O–H groups in total. The van der Waals surface area contributed by atoms with Gasteiger partial charge in [-0.05, 0) is 29.8 Å². The smallest absolute Gasteiger partial charge is 0.338 e. The van der Waals surface area contributed by atoms with Crippen LogP contribution in [-0.4, -0.2) is 5.97 Å². The van der Waals surface area contributed by atoms with Crippen molar-refractivity contribution >= 4 is 17.6 Å². The van der Waals surface area contributed by atoms with Gasteiger partial charge in [0.05, 0.1) is 5.56 Å². The number of ether oxygens (including phenoxy) is 1. The van der Waals surface area contributed by atoms with Gasteiger partial charge in [0.1, 0.15) is 6.61 Å². The molecule has 0 saturated carbocycles. The van der Waals surface area contributed by atoms with E-state index in [9.17, 15) is 4.79 Å². The summed E-state index contributed by atoms with van der Waals surface area (Å²) in [5.41, 5.74) is 1.47. The van der Waals surface area contributed by atoms with Crippen LogP contribution >= 0.6 is 11.6 Å². The van der Waals surface area contributed by atoms with Crippen molar-refractivity contribution in [1.29, 1.82) is 0 Å². The van der Waals surface area contributed by atoms with E-state index >= 15 is 0 Å². The Morgan fingerprint density at radius 3 is 2.22 bits per heavy atom. The molecule has 0 saturated heterocycles. The molecule has 0 fully saturated rings. The summed E-state index contributed by atoms with van der Waals surface area (Å²) in [5, 5.41) is 0.601. The standard InChI is InChI=1S/C14H11ClO2.Zn/c15-13-8-6-12(7-9-13)14(16)17-10-11-4-2-1-3-5-11;/h1-9H,10H2;. The van der Waals surface area contributed by atoms with Crippen molar-refractivity contribution in [3.63, 3.8) is 0 Å². The molecule has 0 unspecified atom stereocenters. The zero-order valence-electron chi connectivity index (χ0n) is 9.80. The van der Waals surface area contributed by atoms with E-state index in [1.807, 2.05) is 30.3 Å². The van der Waals surface area contributed by atoms with Gasteiger partial charge in [-0.2, -0.15) is 0 Å². The number of hydrogen-bond acceptors (Lipinski definition) is 2. The third kappa shape index (κ3) is 4.25. The Hall–Kier alpha value is -1.18. The van der Waals surface area contributed by atoms with Crippen LogP contribution < -0.4 is 0 Å². The third-order valence-corrected chi connectivity index (χ3v) is 2.54. The summed E-state index contributed by atoms with van der Waals surface area (Å²) in [6.07, 6.45) is 0. The van der Waals surface area contributed by atoms with Crippen molar-refractivity contribution in [2.45, 2.75) is 6.61 Å². The van der Waals surface area contributed by atoms with E-state index in [1.165, 1.54) is 0 Å². The molecule has 0 aromatic heterocycles. The van der Waals surface area contributed by atoms with Gasteiger partial charge < -0.3 is 4.74 Å². The van der Waals surface area contributed by atoms with Gasteiger partial charge in [-0.3, -0.25) is 0 Å². The molecule has 2 rings (SSSR count). The summed E-state index contributed by atoms with van der Waals surface area (Å²) in [6, 6.07) is 16.2. The van der Waals surface area contributed by atoms with Crippen LogP contribution in [0.1, 0.15) is 15.9 Å². The first-order valence-corrected chi connectivity index (χ1v) is 5.60. The summed E-state index contributed by atoms with van der Waals surface area (Å²) >= 11 is 5.74. The minimum Gasteiger partial charge on any atom is -0.457 e. The third-order valence-electron chi connectivity index (χ3n) is 2.29. The quantitative estimate of drug-likeness (QED) is 0.638. The second-order valence-electron chi connectivity index (χ2n) is 3.57. The van der Waals surface area contributed by atoms with E-state index in [2.05, 4.69) is 0 Å². The zero-order valence-corrected chi connectivity index (χ0v) is 13.5. The minimum atomic E-state index is -0.342. The van der Waals surface area contributed by atoms with Gasteiger partial charge in [0, 0.05) is 24.5 Å². The predicted octanol–water partition coefficient (Wildman–Crippen LogP) is 3.69. The van der Waals surface area contributed by atoms with E-state index in [1.54, 1.807) is 24.3 Å². The number of rotatable bonds is 3. The predicted molar refractivity (Wildman–Crippen MR) is 67.0 cm³/mol. The average Bonchev–Trinajstić information content (AvgIpc) is 2.38. The first-order valence-electron chi connectivity index (χ1n) is 5.22. The molecule has 88 valence electrons. The largest absolute Gasteiger partial charge is 0.457 e. The van der Waals surface area contributed by atoms with E-state index in [0.29, 0.717) is 10.6 Å². The molecular formula is C14H11ClO2Zn. The number of halogens is 1. The minimum absolute atomic E-state index is 0. The van der Waals surface area contributed by atoms with Crippen molar-refractivity contribution in [3.8, 4) is 0 Å². The van der Waals surface area contributed by atoms with Crippen LogP contribution in [0.4, 0.5) is 0 Å². The molecule has 18 heavy (non-hydrogen) atoms. The molecule has 0 amide bonds. The summed E-state index contributed by atoms with van der Waals surface area (Å²) in [7, 11) is 0. The molecule has 0 aliphatic carbocycles. The fraction of sp³-hybridized carbons (Fsp3) is 0.0714. The molecule has 0 bridgehead atoms. The number of carbonyl (C=O) groups excluding carboxylic acids is 1. The maximum Gasteiger partial charge on any atom is 0.338 e. The van der Waals surface area contributed by atoms with Gasteiger partial charge in [-0.25, -0.2) is 4.79 Å². The van der Waals surface area contributed by atoms with Crippen LogP contribution in [0.25, 0.3) is 0 Å². The maximum absolute atomic E-state index is 11.7. The van der Waals surface area contributed by atoms with Crippen LogP contribution in [0.15, 0.2) is 54.6 Å². The number of esters is 1. The fourth-order valence-corrected chi connectivity index (χ4v) is 1.52. The summed E-state index contributed by atoms with van der Waals surface area (Å²) in [6.45, 7) is 0.280. The average molecular weight is 312 g/mol. The molecule has 4 heteroatoms. The Balaban J connectivity index is 0.00000162. The van der Waals surface area contributed by atoms with Gasteiger partial charge in [0.15, 0.2) is 0 Å². The Bertz CT molecular complexity index is 497. The SMILES string of the molecule is O=C(OCc1ccccc1)c1ccc(Cl)cc1.[Zn]. The van der Waals surface area contributed by atoms with Crippen molar-refractivity contribution in [2.75, 3.05) is 0 Å². The topological polar surface area (TPSA) is 26.3 Å². The monoisotopic (exact) mass is 310 g/mol. The molecule has 0 aliphatic heterocycles. The van der Waals surface area contributed by atoms with Crippen molar-refractivity contribution in [2.24, 2.45) is 0 Å². The molecule has 2 aromatic rings. The maximum atomic E-state index is 11.7. The molecule has 2 nitrogen and oxygen atoms in total. The van der Waals surface area contributed by atoms with Crippen LogP contribution in [0.2, 0.25) is 5.02 Å². The Kier molecular flexibility index (Phi) is 6.04. The first kappa shape index (κ1) is 14.9. The molecule has 0 aliphatic rings. The van der Waals surface area contributed by atoms with E-state index < -0.39 is 0 Å². The summed E-state index contributed by atoms with van der Waals surface area (Å²) < 4.78 is 5.17. The first-order chi connectivity index (χ1) is 8.25. The fourth-order valence-electron chi connectivity index (χ4n) is 1.39. The molecule has 0 radical (unpaired) electrons. The molecule has 2 aromatic carbocycles. The normalized spacial score (nSPS) is 9.39. The zero-order chi connectivity index (χ0) is 12.1. The Morgan fingerprint density at radius 2 is 1.61 bits per heavy atom. The van der Waals surface area contributed by atoms with Crippen LogP contribution in [0, 0.1) is 0 Å².